The highest BCUT2D eigenvalue weighted by molar-refractivity contribution is 7.12. The predicted octanol–water partition coefficient (Wildman–Crippen LogP) is 4.61. The first-order chi connectivity index (χ1) is 12.7. The second-order valence-electron chi connectivity index (χ2n) is 5.46. The van der Waals surface area contributed by atoms with Gasteiger partial charge in [-0.3, -0.25) is 0 Å². The van der Waals surface area contributed by atoms with Crippen molar-refractivity contribution in [1.82, 2.24) is 5.32 Å². The largest absolute Gasteiger partial charge is 0.492 e. The van der Waals surface area contributed by atoms with Crippen LogP contribution in [0.5, 0.6) is 5.75 Å². The zero-order valence-corrected chi connectivity index (χ0v) is 15.9. The van der Waals surface area contributed by atoms with Crippen LogP contribution >= 0.6 is 22.7 Å². The number of ether oxygens (including phenoxy) is 1. The molecule has 0 saturated carbocycles. The Labute approximate surface area is 160 Å². The van der Waals surface area contributed by atoms with Gasteiger partial charge in [-0.25, -0.2) is 4.79 Å². The smallest absolute Gasteiger partial charge is 0.319 e. The van der Waals surface area contributed by atoms with Crippen LogP contribution in [-0.4, -0.2) is 17.7 Å². The second kappa shape index (κ2) is 8.84. The van der Waals surface area contributed by atoms with Gasteiger partial charge < -0.3 is 20.5 Å². The fraction of sp³-hybridized carbons (Fsp3) is 0.211. The Morgan fingerprint density at radius 3 is 2.77 bits per heavy atom. The van der Waals surface area contributed by atoms with E-state index in [9.17, 15) is 9.90 Å². The van der Waals surface area contributed by atoms with Crippen LogP contribution in [0.3, 0.4) is 0 Å². The third kappa shape index (κ3) is 4.63. The van der Waals surface area contributed by atoms with Gasteiger partial charge >= 0.3 is 6.03 Å². The van der Waals surface area contributed by atoms with E-state index in [0.29, 0.717) is 24.6 Å². The Bertz CT molecular complexity index is 846. The van der Waals surface area contributed by atoms with Crippen molar-refractivity contribution in [3.63, 3.8) is 0 Å². The molecule has 0 aliphatic rings. The number of para-hydroxylation sites is 2. The highest BCUT2D eigenvalue weighted by Gasteiger charge is 2.14. The summed E-state index contributed by atoms with van der Waals surface area (Å²) in [6.07, 6.45) is -0.611. The molecule has 3 N–H and O–H groups in total. The summed E-state index contributed by atoms with van der Waals surface area (Å²) < 4.78 is 5.50. The van der Waals surface area contributed by atoms with Crippen LogP contribution in [0.2, 0.25) is 0 Å². The number of rotatable bonds is 7. The van der Waals surface area contributed by atoms with Crippen molar-refractivity contribution in [2.24, 2.45) is 0 Å². The number of carbonyl (C=O) groups excluding carboxylic acids is 1. The van der Waals surface area contributed by atoms with E-state index >= 15 is 0 Å². The van der Waals surface area contributed by atoms with E-state index in [-0.39, 0.29) is 6.03 Å². The average Bonchev–Trinajstić information content (AvgIpc) is 3.33. The van der Waals surface area contributed by atoms with Crippen molar-refractivity contribution in [2.75, 3.05) is 11.9 Å². The van der Waals surface area contributed by atoms with E-state index in [4.69, 9.17) is 4.74 Å². The molecule has 1 aromatic carbocycles. The molecule has 5 nitrogen and oxygen atoms in total. The van der Waals surface area contributed by atoms with Gasteiger partial charge in [-0.1, -0.05) is 18.2 Å². The van der Waals surface area contributed by atoms with Gasteiger partial charge in [-0.05, 0) is 42.6 Å². The van der Waals surface area contributed by atoms with E-state index in [1.165, 1.54) is 22.7 Å². The Kier molecular flexibility index (Phi) is 6.27. The third-order valence-electron chi connectivity index (χ3n) is 3.62. The summed E-state index contributed by atoms with van der Waals surface area (Å²) in [5, 5.41) is 17.9. The average molecular weight is 389 g/mol. The summed E-state index contributed by atoms with van der Waals surface area (Å²) in [5.41, 5.74) is 0.631. The van der Waals surface area contributed by atoms with E-state index in [1.807, 2.05) is 54.8 Å². The van der Waals surface area contributed by atoms with Crippen molar-refractivity contribution in [2.45, 2.75) is 19.6 Å². The zero-order chi connectivity index (χ0) is 18.4. The molecular formula is C19H20N2O3S2. The summed E-state index contributed by atoms with van der Waals surface area (Å²) in [6, 6.07) is 14.7. The molecular weight excluding hydrogens is 368 g/mol. The van der Waals surface area contributed by atoms with Gasteiger partial charge in [0.2, 0.25) is 0 Å². The number of hydrogen-bond acceptors (Lipinski definition) is 5. The number of thiophene rings is 2. The van der Waals surface area contributed by atoms with Crippen LogP contribution in [0, 0.1) is 0 Å². The van der Waals surface area contributed by atoms with Gasteiger partial charge in [0.15, 0.2) is 0 Å². The first-order valence-electron chi connectivity index (χ1n) is 8.24. The van der Waals surface area contributed by atoms with Crippen LogP contribution in [0.15, 0.2) is 53.9 Å². The zero-order valence-electron chi connectivity index (χ0n) is 14.3. The highest BCUT2D eigenvalue weighted by Crippen LogP contribution is 2.31. The minimum absolute atomic E-state index is 0.300. The molecule has 0 aliphatic heterocycles. The third-order valence-corrected chi connectivity index (χ3v) is 5.69. The molecule has 7 heteroatoms. The topological polar surface area (TPSA) is 70.6 Å². The molecule has 136 valence electrons. The number of aliphatic hydroxyl groups excluding tert-OH is 1. The normalized spacial score (nSPS) is 11.8. The lowest BCUT2D eigenvalue weighted by Crippen LogP contribution is -2.28. The Balaban J connectivity index is 1.55. The first kappa shape index (κ1) is 18.4. The van der Waals surface area contributed by atoms with Gasteiger partial charge in [0, 0.05) is 14.6 Å². The van der Waals surface area contributed by atoms with Crippen molar-refractivity contribution in [3.8, 4) is 5.75 Å². The van der Waals surface area contributed by atoms with Crippen LogP contribution in [0.1, 0.15) is 27.7 Å². The molecule has 26 heavy (non-hydrogen) atoms. The van der Waals surface area contributed by atoms with E-state index in [0.717, 1.165) is 14.6 Å². The fourth-order valence-electron chi connectivity index (χ4n) is 2.41. The van der Waals surface area contributed by atoms with Gasteiger partial charge in [0.05, 0.1) is 18.8 Å². The van der Waals surface area contributed by atoms with E-state index in [2.05, 4.69) is 10.6 Å². The predicted molar refractivity (Wildman–Crippen MR) is 106 cm³/mol. The molecule has 3 aromatic rings. The molecule has 2 aromatic heterocycles. The minimum Gasteiger partial charge on any atom is -0.492 e. The number of urea groups is 1. The van der Waals surface area contributed by atoms with Crippen LogP contribution < -0.4 is 15.4 Å². The summed E-state index contributed by atoms with van der Waals surface area (Å²) in [4.78, 5) is 14.9. The number of benzene rings is 1. The SMILES string of the molecule is CCOc1ccccc1NC(=O)NCc1ccc(C(O)c2cccs2)s1. The molecule has 0 spiro atoms. The highest BCUT2D eigenvalue weighted by atomic mass is 32.1. The fourth-order valence-corrected chi connectivity index (χ4v) is 4.17. The van der Waals surface area contributed by atoms with Crippen LogP contribution in [0.4, 0.5) is 10.5 Å². The van der Waals surface area contributed by atoms with Gasteiger partial charge in [-0.2, -0.15) is 0 Å². The van der Waals surface area contributed by atoms with Crippen molar-refractivity contribution >= 4 is 34.4 Å². The lowest BCUT2D eigenvalue weighted by atomic mass is 10.2. The molecule has 2 amide bonds. The molecule has 2 heterocycles. The molecule has 3 rings (SSSR count). The van der Waals surface area contributed by atoms with Crippen molar-refractivity contribution in [1.29, 1.82) is 0 Å². The number of anilines is 1. The standard InChI is InChI=1S/C19H20N2O3S2/c1-2-24-15-7-4-3-6-14(15)21-19(23)20-12-13-9-10-17(26-13)18(22)16-8-5-11-25-16/h3-11,18,22H,2,12H2,1H3,(H2,20,21,23). The summed E-state index contributed by atoms with van der Waals surface area (Å²) in [7, 11) is 0. The lowest BCUT2D eigenvalue weighted by Gasteiger charge is -2.11. The van der Waals surface area contributed by atoms with Crippen molar-refractivity contribution < 1.29 is 14.6 Å². The number of carbonyl (C=O) groups is 1. The van der Waals surface area contributed by atoms with Gasteiger partial charge in [-0.15, -0.1) is 22.7 Å². The Morgan fingerprint density at radius 1 is 1.15 bits per heavy atom. The van der Waals surface area contributed by atoms with E-state index in [1.54, 1.807) is 6.07 Å². The summed E-state index contributed by atoms with van der Waals surface area (Å²) in [6.45, 7) is 2.82. The van der Waals surface area contributed by atoms with Gasteiger partial charge in [0.25, 0.3) is 0 Å². The second-order valence-corrected chi connectivity index (χ2v) is 7.64. The van der Waals surface area contributed by atoms with Crippen LogP contribution in [-0.2, 0) is 6.54 Å². The minimum atomic E-state index is -0.611. The molecule has 1 atom stereocenters. The van der Waals surface area contributed by atoms with Gasteiger partial charge in [0.1, 0.15) is 11.9 Å². The molecule has 0 fully saturated rings. The maximum absolute atomic E-state index is 12.1. The number of aliphatic hydroxyl groups is 1. The number of amides is 2. The molecule has 1 unspecified atom stereocenters. The summed E-state index contributed by atoms with van der Waals surface area (Å²) in [5.74, 6) is 0.641. The van der Waals surface area contributed by atoms with Crippen molar-refractivity contribution in [3.05, 3.63) is 68.5 Å². The Hall–Kier alpha value is -2.35. The molecule has 0 radical (unpaired) electrons. The van der Waals surface area contributed by atoms with E-state index < -0.39 is 6.10 Å². The van der Waals surface area contributed by atoms with Crippen LogP contribution in [0.25, 0.3) is 0 Å². The lowest BCUT2D eigenvalue weighted by molar-refractivity contribution is 0.228. The maximum Gasteiger partial charge on any atom is 0.319 e. The number of nitrogens with one attached hydrogen (secondary N) is 2. The Morgan fingerprint density at radius 2 is 2.00 bits per heavy atom. The maximum atomic E-state index is 12.1. The first-order valence-corrected chi connectivity index (χ1v) is 9.93. The molecule has 0 saturated heterocycles. The quantitative estimate of drug-likeness (QED) is 0.553. The molecule has 0 bridgehead atoms. The summed E-state index contributed by atoms with van der Waals surface area (Å²) >= 11 is 3.01. The monoisotopic (exact) mass is 388 g/mol. The number of hydrogen-bond donors (Lipinski definition) is 3. The molecule has 0 aliphatic carbocycles.